The Labute approximate surface area is 127 Å². The summed E-state index contributed by atoms with van der Waals surface area (Å²) in [6, 6.07) is 1.77. The highest BCUT2D eigenvalue weighted by molar-refractivity contribution is 14.1. The molecule has 0 aromatic carbocycles. The summed E-state index contributed by atoms with van der Waals surface area (Å²) in [4.78, 5) is 12.1. The van der Waals surface area contributed by atoms with Gasteiger partial charge in [-0.25, -0.2) is 0 Å². The molecule has 1 aliphatic rings. The normalized spacial score (nSPS) is 27.3. The van der Waals surface area contributed by atoms with Gasteiger partial charge in [-0.15, -0.1) is 0 Å². The van der Waals surface area contributed by atoms with Crippen LogP contribution in [0.25, 0.3) is 0 Å². The van der Waals surface area contributed by atoms with Gasteiger partial charge in [0.1, 0.15) is 11.5 Å². The van der Waals surface area contributed by atoms with Crippen LogP contribution in [0.1, 0.15) is 47.6 Å². The maximum Gasteiger partial charge on any atom is 0.254 e. The quantitative estimate of drug-likeness (QED) is 0.629. The molecule has 2 rings (SSSR count). The van der Waals surface area contributed by atoms with Gasteiger partial charge in [0.05, 0.1) is 11.7 Å². The lowest BCUT2D eigenvalue weighted by Gasteiger charge is -2.34. The Morgan fingerprint density at radius 3 is 2.68 bits per heavy atom. The molecule has 4 nitrogen and oxygen atoms in total. The summed E-state index contributed by atoms with van der Waals surface area (Å²) in [6.45, 7) is 4.29. The first-order valence-corrected chi connectivity index (χ1v) is 7.70. The van der Waals surface area contributed by atoms with Gasteiger partial charge in [-0.1, -0.05) is 22.6 Å². The number of halogens is 1. The van der Waals surface area contributed by atoms with Gasteiger partial charge in [0.2, 0.25) is 0 Å². The van der Waals surface area contributed by atoms with E-state index in [1.54, 1.807) is 13.0 Å². The van der Waals surface area contributed by atoms with Gasteiger partial charge < -0.3 is 14.8 Å². The van der Waals surface area contributed by atoms with Crippen LogP contribution in [0.4, 0.5) is 0 Å². The van der Waals surface area contributed by atoms with Crippen LogP contribution in [-0.4, -0.2) is 27.1 Å². The summed E-state index contributed by atoms with van der Waals surface area (Å²) in [5.74, 6) is 1.35. The Bertz CT molecular complexity index is 461. The number of carbonyl (C=O) groups excluding carboxylic acids is 1. The largest absolute Gasteiger partial charge is 0.466 e. The molecule has 0 saturated heterocycles. The summed E-state index contributed by atoms with van der Waals surface area (Å²) in [5, 5.41) is 12.5. The Balaban J connectivity index is 1.92. The highest BCUT2D eigenvalue weighted by Crippen LogP contribution is 2.36. The first kappa shape index (κ1) is 14.8. The van der Waals surface area contributed by atoms with Crippen molar-refractivity contribution in [2.24, 2.45) is 0 Å². The standard InChI is InChI=1S/C14H20INO3/c1-9-7-12(10(2)19-9)13(18)16-8-14(15)5-3-11(17)4-6-14/h7,11,17H,3-6,8H2,1-2H3,(H,16,18)/t11-,14+. The lowest BCUT2D eigenvalue weighted by atomic mass is 9.87. The molecule has 0 unspecified atom stereocenters. The Morgan fingerprint density at radius 2 is 2.16 bits per heavy atom. The predicted octanol–water partition coefficient (Wildman–Crippen LogP) is 2.73. The third kappa shape index (κ3) is 3.72. The summed E-state index contributed by atoms with van der Waals surface area (Å²) >= 11 is 2.42. The molecule has 1 heterocycles. The summed E-state index contributed by atoms with van der Waals surface area (Å²) in [5.41, 5.74) is 0.619. The molecule has 106 valence electrons. The van der Waals surface area contributed by atoms with E-state index in [0.29, 0.717) is 17.9 Å². The number of furan rings is 1. The van der Waals surface area contributed by atoms with Crippen LogP contribution in [0.15, 0.2) is 10.5 Å². The fraction of sp³-hybridized carbons (Fsp3) is 0.643. The van der Waals surface area contributed by atoms with Crippen molar-refractivity contribution in [3.8, 4) is 0 Å². The number of rotatable bonds is 3. The van der Waals surface area contributed by atoms with E-state index in [2.05, 4.69) is 27.9 Å². The van der Waals surface area contributed by atoms with Crippen LogP contribution in [0.3, 0.4) is 0 Å². The number of aliphatic hydroxyl groups is 1. The van der Waals surface area contributed by atoms with E-state index in [4.69, 9.17) is 4.42 Å². The first-order chi connectivity index (χ1) is 8.89. The minimum absolute atomic E-state index is 0.0688. The maximum atomic E-state index is 12.1. The van der Waals surface area contributed by atoms with Crippen molar-refractivity contribution >= 4 is 28.5 Å². The monoisotopic (exact) mass is 377 g/mol. The lowest BCUT2D eigenvalue weighted by molar-refractivity contribution is 0.0932. The summed E-state index contributed by atoms with van der Waals surface area (Å²) in [6.07, 6.45) is 3.36. The van der Waals surface area contributed by atoms with Gasteiger partial charge in [-0.2, -0.15) is 0 Å². The number of alkyl halides is 1. The Morgan fingerprint density at radius 1 is 1.53 bits per heavy atom. The number of hydrogen-bond acceptors (Lipinski definition) is 3. The van der Waals surface area contributed by atoms with Gasteiger partial charge >= 0.3 is 0 Å². The van der Waals surface area contributed by atoms with Crippen molar-refractivity contribution in [2.45, 2.75) is 49.1 Å². The smallest absolute Gasteiger partial charge is 0.254 e. The molecule has 0 spiro atoms. The molecule has 1 aliphatic carbocycles. The van der Waals surface area contributed by atoms with Crippen molar-refractivity contribution in [3.63, 3.8) is 0 Å². The fourth-order valence-corrected chi connectivity index (χ4v) is 3.30. The van der Waals surface area contributed by atoms with Crippen LogP contribution in [0, 0.1) is 13.8 Å². The molecule has 0 radical (unpaired) electrons. The lowest BCUT2D eigenvalue weighted by Crippen LogP contribution is -2.41. The third-order valence-electron chi connectivity index (χ3n) is 3.70. The molecule has 1 saturated carbocycles. The van der Waals surface area contributed by atoms with Crippen LogP contribution in [0.5, 0.6) is 0 Å². The van der Waals surface area contributed by atoms with E-state index in [-0.39, 0.29) is 15.4 Å². The summed E-state index contributed by atoms with van der Waals surface area (Å²) in [7, 11) is 0. The number of hydrogen-bond donors (Lipinski definition) is 2. The van der Waals surface area contributed by atoms with Crippen molar-refractivity contribution in [1.82, 2.24) is 5.32 Å². The molecule has 1 aromatic rings. The molecule has 5 heteroatoms. The third-order valence-corrected chi connectivity index (χ3v) is 5.16. The average molecular weight is 377 g/mol. The van der Waals surface area contributed by atoms with Gasteiger partial charge in [-0.3, -0.25) is 4.79 Å². The van der Waals surface area contributed by atoms with E-state index in [0.717, 1.165) is 31.4 Å². The number of aliphatic hydroxyl groups excluding tert-OH is 1. The highest BCUT2D eigenvalue weighted by atomic mass is 127. The van der Waals surface area contributed by atoms with Gasteiger partial charge in [-0.05, 0) is 45.6 Å². The van der Waals surface area contributed by atoms with Crippen molar-refractivity contribution in [2.75, 3.05) is 6.54 Å². The van der Waals surface area contributed by atoms with E-state index < -0.39 is 0 Å². The first-order valence-electron chi connectivity index (χ1n) is 6.62. The second-order valence-electron chi connectivity index (χ2n) is 5.39. The molecule has 0 bridgehead atoms. The van der Waals surface area contributed by atoms with Crippen molar-refractivity contribution < 1.29 is 14.3 Å². The number of aryl methyl sites for hydroxylation is 2. The van der Waals surface area contributed by atoms with Crippen LogP contribution in [0.2, 0.25) is 0 Å². The average Bonchev–Trinajstić information content (AvgIpc) is 2.70. The fourth-order valence-electron chi connectivity index (χ4n) is 2.49. The van der Waals surface area contributed by atoms with Gasteiger partial charge in [0, 0.05) is 9.97 Å². The maximum absolute atomic E-state index is 12.1. The van der Waals surface area contributed by atoms with Crippen LogP contribution < -0.4 is 5.32 Å². The SMILES string of the molecule is Cc1cc(C(=O)NC[C@]2(I)CC[C@@H](O)CC2)c(C)o1. The minimum Gasteiger partial charge on any atom is -0.466 e. The number of amides is 1. The molecule has 19 heavy (non-hydrogen) atoms. The molecular formula is C14H20INO3. The molecule has 0 atom stereocenters. The predicted molar refractivity (Wildman–Crippen MR) is 81.7 cm³/mol. The molecule has 1 amide bonds. The van der Waals surface area contributed by atoms with Gasteiger partial charge in [0.25, 0.3) is 5.91 Å². The topological polar surface area (TPSA) is 62.5 Å². The molecule has 1 fully saturated rings. The van der Waals surface area contributed by atoms with Crippen molar-refractivity contribution in [1.29, 1.82) is 0 Å². The van der Waals surface area contributed by atoms with E-state index >= 15 is 0 Å². The number of carbonyl (C=O) groups is 1. The Hall–Kier alpha value is -0.560. The number of nitrogens with one attached hydrogen (secondary N) is 1. The molecule has 2 N–H and O–H groups in total. The van der Waals surface area contributed by atoms with Crippen molar-refractivity contribution in [3.05, 3.63) is 23.2 Å². The molecule has 1 aromatic heterocycles. The highest BCUT2D eigenvalue weighted by Gasteiger charge is 2.32. The zero-order chi connectivity index (χ0) is 14.0. The second kappa shape index (κ2) is 5.83. The zero-order valence-corrected chi connectivity index (χ0v) is 13.5. The van der Waals surface area contributed by atoms with Gasteiger partial charge in [0.15, 0.2) is 0 Å². The minimum atomic E-state index is -0.169. The van der Waals surface area contributed by atoms with Crippen LogP contribution >= 0.6 is 22.6 Å². The van der Waals surface area contributed by atoms with E-state index in [1.165, 1.54) is 0 Å². The zero-order valence-electron chi connectivity index (χ0n) is 11.3. The second-order valence-corrected chi connectivity index (χ2v) is 7.68. The van der Waals surface area contributed by atoms with E-state index in [1.807, 2.05) is 6.92 Å². The van der Waals surface area contributed by atoms with Crippen LogP contribution in [-0.2, 0) is 0 Å². The Kier molecular flexibility index (Phi) is 4.55. The van der Waals surface area contributed by atoms with E-state index in [9.17, 15) is 9.90 Å². The summed E-state index contributed by atoms with van der Waals surface area (Å²) < 4.78 is 5.44. The molecular weight excluding hydrogens is 357 g/mol. The molecule has 0 aliphatic heterocycles.